The van der Waals surface area contributed by atoms with Crippen LogP contribution in [-0.2, 0) is 0 Å². The van der Waals surface area contributed by atoms with E-state index in [4.69, 9.17) is 5.53 Å². The fourth-order valence-corrected chi connectivity index (χ4v) is 1.54. The summed E-state index contributed by atoms with van der Waals surface area (Å²) in [6, 6.07) is 1.17. The van der Waals surface area contributed by atoms with Crippen LogP contribution in [0.1, 0.15) is 23.8 Å². The number of aromatic nitrogens is 1. The van der Waals surface area contributed by atoms with Crippen molar-refractivity contribution in [3.05, 3.63) is 44.1 Å². The van der Waals surface area contributed by atoms with Gasteiger partial charge in [-0.2, -0.15) is 0 Å². The molecule has 0 aliphatic rings. The van der Waals surface area contributed by atoms with Gasteiger partial charge < -0.3 is 10.2 Å². The lowest BCUT2D eigenvalue weighted by Gasteiger charge is -2.18. The van der Waals surface area contributed by atoms with Crippen LogP contribution in [0.2, 0.25) is 0 Å². The van der Waals surface area contributed by atoms with E-state index in [-0.39, 0.29) is 24.2 Å². The van der Waals surface area contributed by atoms with Crippen LogP contribution in [0.15, 0.2) is 17.4 Å². The van der Waals surface area contributed by atoms with Crippen molar-refractivity contribution in [1.29, 1.82) is 0 Å². The van der Waals surface area contributed by atoms with Gasteiger partial charge in [-0.15, -0.1) is 0 Å². The number of rotatable bonds is 6. The minimum absolute atomic E-state index is 0.0239. The second-order valence-corrected chi connectivity index (χ2v) is 3.88. The molecule has 1 rings (SSSR count). The van der Waals surface area contributed by atoms with Crippen LogP contribution in [0, 0.1) is 17.0 Å². The van der Waals surface area contributed by atoms with Crippen molar-refractivity contribution in [3.63, 3.8) is 0 Å². The molecule has 9 nitrogen and oxygen atoms in total. The van der Waals surface area contributed by atoms with E-state index >= 15 is 0 Å². The maximum absolute atomic E-state index is 10.6. The molecule has 1 aromatic heterocycles. The molecule has 0 amide bonds. The van der Waals surface area contributed by atoms with Crippen molar-refractivity contribution in [2.75, 3.05) is 6.54 Å². The van der Waals surface area contributed by atoms with Crippen LogP contribution in [0.25, 0.3) is 10.4 Å². The number of aryl methyl sites for hydroxylation is 1. The van der Waals surface area contributed by atoms with E-state index in [0.717, 1.165) is 6.20 Å². The van der Waals surface area contributed by atoms with Crippen molar-refractivity contribution >= 4 is 5.69 Å². The highest BCUT2D eigenvalue weighted by atomic mass is 16.6. The van der Waals surface area contributed by atoms with E-state index in [0.29, 0.717) is 5.69 Å². The first-order valence-corrected chi connectivity index (χ1v) is 5.45. The summed E-state index contributed by atoms with van der Waals surface area (Å²) in [5.74, 6) is 0. The molecule has 0 aromatic carbocycles. The highest BCUT2D eigenvalue weighted by Gasteiger charge is 2.22. The lowest BCUT2D eigenvalue weighted by Crippen LogP contribution is -2.20. The summed E-state index contributed by atoms with van der Waals surface area (Å²) in [5.41, 5.74) is 8.42. The molecule has 0 saturated carbocycles. The fourth-order valence-electron chi connectivity index (χ4n) is 1.54. The number of pyridine rings is 1. The third-order valence-corrected chi connectivity index (χ3v) is 2.59. The summed E-state index contributed by atoms with van der Waals surface area (Å²) in [4.78, 5) is 16.3. The molecule has 0 saturated heterocycles. The first-order valence-electron chi connectivity index (χ1n) is 5.45. The summed E-state index contributed by atoms with van der Waals surface area (Å²) in [6.45, 7) is 1.60. The van der Waals surface area contributed by atoms with Crippen LogP contribution >= 0.6 is 0 Å². The molecular weight excluding hydrogens is 254 g/mol. The molecule has 0 spiro atoms. The Morgan fingerprint density at radius 1 is 1.63 bits per heavy atom. The maximum Gasteiger partial charge on any atom is 0.287 e. The van der Waals surface area contributed by atoms with Crippen molar-refractivity contribution in [3.8, 4) is 0 Å². The Labute approximate surface area is 108 Å². The van der Waals surface area contributed by atoms with Gasteiger partial charge in [-0.05, 0) is 18.9 Å². The molecule has 2 unspecified atom stereocenters. The number of hydrogen-bond donors (Lipinski definition) is 2. The van der Waals surface area contributed by atoms with Gasteiger partial charge in [-0.3, -0.25) is 15.1 Å². The Morgan fingerprint density at radius 3 is 2.89 bits per heavy atom. The topological polar surface area (TPSA) is 145 Å². The number of hydrogen-bond acceptors (Lipinski definition) is 6. The molecule has 0 radical (unpaired) electrons. The van der Waals surface area contributed by atoms with Crippen molar-refractivity contribution in [1.82, 2.24) is 4.98 Å². The summed E-state index contributed by atoms with van der Waals surface area (Å²) in [6.07, 6.45) is -1.38. The predicted molar refractivity (Wildman–Crippen MR) is 65.2 cm³/mol. The average Bonchev–Trinajstić information content (AvgIpc) is 2.38. The Kier molecular flexibility index (Phi) is 5.19. The molecule has 0 aliphatic carbocycles. The Hall–Kier alpha value is -2.22. The molecule has 2 N–H and O–H groups in total. The van der Waals surface area contributed by atoms with E-state index in [1.54, 1.807) is 6.92 Å². The zero-order valence-electron chi connectivity index (χ0n) is 10.2. The first-order chi connectivity index (χ1) is 8.97. The number of nitrogens with zero attached hydrogens (tertiary/aromatic N) is 5. The first kappa shape index (κ1) is 14.8. The quantitative estimate of drug-likeness (QED) is 0.263. The zero-order chi connectivity index (χ0) is 14.4. The van der Waals surface area contributed by atoms with Gasteiger partial charge in [0.05, 0.1) is 11.0 Å². The smallest absolute Gasteiger partial charge is 0.287 e. The van der Waals surface area contributed by atoms with Crippen LogP contribution < -0.4 is 0 Å². The SMILES string of the molecule is Cc1ncc([N+](=O)[O-])cc1C(O)C(O)CCN=[N+]=[N-]. The number of aliphatic hydroxyl groups excluding tert-OH is 2. The Balaban J connectivity index is 2.91. The van der Waals surface area contributed by atoms with E-state index in [2.05, 4.69) is 15.0 Å². The second-order valence-electron chi connectivity index (χ2n) is 3.88. The van der Waals surface area contributed by atoms with Gasteiger partial charge in [0.1, 0.15) is 12.3 Å². The predicted octanol–water partition coefficient (Wildman–Crippen LogP) is 1.39. The largest absolute Gasteiger partial charge is 0.390 e. The maximum atomic E-state index is 10.6. The summed E-state index contributed by atoms with van der Waals surface area (Å²) in [5, 5.41) is 33.5. The molecular formula is C10H13N5O4. The summed E-state index contributed by atoms with van der Waals surface area (Å²) in [7, 11) is 0. The summed E-state index contributed by atoms with van der Waals surface area (Å²) >= 11 is 0. The van der Waals surface area contributed by atoms with Crippen molar-refractivity contribution in [2.45, 2.75) is 25.6 Å². The van der Waals surface area contributed by atoms with E-state index in [1.165, 1.54) is 6.07 Å². The Morgan fingerprint density at radius 2 is 2.32 bits per heavy atom. The molecule has 0 fully saturated rings. The second kappa shape index (κ2) is 6.64. The lowest BCUT2D eigenvalue weighted by atomic mass is 10.0. The minimum Gasteiger partial charge on any atom is -0.390 e. The monoisotopic (exact) mass is 267 g/mol. The molecule has 102 valence electrons. The van der Waals surface area contributed by atoms with Gasteiger partial charge in [-0.1, -0.05) is 5.11 Å². The molecule has 1 aromatic rings. The normalized spacial score (nSPS) is 13.4. The molecule has 0 aliphatic heterocycles. The van der Waals surface area contributed by atoms with Gasteiger partial charge in [-0.25, -0.2) is 0 Å². The van der Waals surface area contributed by atoms with Gasteiger partial charge >= 0.3 is 0 Å². The van der Waals surface area contributed by atoms with Crippen LogP contribution in [0.4, 0.5) is 5.69 Å². The molecule has 0 bridgehead atoms. The number of aliphatic hydroxyl groups is 2. The fraction of sp³-hybridized carbons (Fsp3) is 0.500. The highest BCUT2D eigenvalue weighted by molar-refractivity contribution is 5.35. The van der Waals surface area contributed by atoms with Crippen LogP contribution in [-0.4, -0.2) is 32.8 Å². The van der Waals surface area contributed by atoms with Crippen molar-refractivity contribution in [2.24, 2.45) is 5.11 Å². The molecule has 19 heavy (non-hydrogen) atoms. The highest BCUT2D eigenvalue weighted by Crippen LogP contribution is 2.24. The van der Waals surface area contributed by atoms with E-state index in [1.807, 2.05) is 0 Å². The average molecular weight is 267 g/mol. The van der Waals surface area contributed by atoms with E-state index in [9.17, 15) is 20.3 Å². The minimum atomic E-state index is -1.32. The van der Waals surface area contributed by atoms with Gasteiger partial charge in [0.25, 0.3) is 5.69 Å². The van der Waals surface area contributed by atoms with Gasteiger partial charge in [0, 0.05) is 28.8 Å². The van der Waals surface area contributed by atoms with E-state index < -0.39 is 17.1 Å². The standard InChI is InChI=1S/C10H13N5O4/c1-6-8(4-7(5-12-6)15(18)19)10(17)9(16)2-3-13-14-11/h4-5,9-10,16-17H,2-3H2,1H3. The van der Waals surface area contributed by atoms with Crippen LogP contribution in [0.3, 0.4) is 0 Å². The zero-order valence-corrected chi connectivity index (χ0v) is 10.2. The van der Waals surface area contributed by atoms with Gasteiger partial charge in [0.2, 0.25) is 0 Å². The van der Waals surface area contributed by atoms with Gasteiger partial charge in [0.15, 0.2) is 0 Å². The number of azide groups is 1. The molecule has 2 atom stereocenters. The van der Waals surface area contributed by atoms with Crippen molar-refractivity contribution < 1.29 is 15.1 Å². The molecule has 1 heterocycles. The molecule has 9 heteroatoms. The third kappa shape index (κ3) is 3.88. The summed E-state index contributed by atoms with van der Waals surface area (Å²) < 4.78 is 0. The van der Waals surface area contributed by atoms with Crippen LogP contribution in [0.5, 0.6) is 0 Å². The lowest BCUT2D eigenvalue weighted by molar-refractivity contribution is -0.385. The Bertz CT molecular complexity index is 515. The number of nitro groups is 1. The third-order valence-electron chi connectivity index (χ3n) is 2.59.